The summed E-state index contributed by atoms with van der Waals surface area (Å²) in [7, 11) is 0. The number of hydrogen-bond donors (Lipinski definition) is 0. The molecule has 1 fully saturated rings. The molecule has 1 amide bonds. The molecule has 2 aliphatic rings. The average Bonchev–Trinajstić information content (AvgIpc) is 2.95. The number of hydrogen-bond acceptors (Lipinski definition) is 3. The molecule has 0 spiro atoms. The van der Waals surface area contributed by atoms with Gasteiger partial charge in [-0.1, -0.05) is 24.9 Å². The number of fused-ring (bicyclic) bond motifs is 1. The Hall–Kier alpha value is -1.42. The van der Waals surface area contributed by atoms with Crippen LogP contribution in [0.2, 0.25) is 5.02 Å². The van der Waals surface area contributed by atoms with Crippen molar-refractivity contribution in [1.29, 1.82) is 0 Å². The van der Waals surface area contributed by atoms with Crippen molar-refractivity contribution < 1.29 is 14.3 Å². The molecule has 2 aliphatic heterocycles. The molecule has 2 heterocycles. The van der Waals surface area contributed by atoms with Gasteiger partial charge in [-0.2, -0.15) is 0 Å². The van der Waals surface area contributed by atoms with Gasteiger partial charge in [-0.05, 0) is 30.9 Å². The van der Waals surface area contributed by atoms with E-state index < -0.39 is 0 Å². The fraction of sp³-hybridized carbons (Fsp3) is 0.533. The smallest absolute Gasteiger partial charge is 0.254 e. The number of benzene rings is 1. The van der Waals surface area contributed by atoms with Gasteiger partial charge in [-0.3, -0.25) is 4.79 Å². The van der Waals surface area contributed by atoms with Gasteiger partial charge in [-0.15, -0.1) is 0 Å². The van der Waals surface area contributed by atoms with Crippen LogP contribution in [0.5, 0.6) is 11.5 Å². The van der Waals surface area contributed by atoms with E-state index in [9.17, 15) is 4.79 Å². The first-order valence-corrected chi connectivity index (χ1v) is 7.45. The maximum absolute atomic E-state index is 12.6. The SMILES string of the molecule is CCC1CCCN(C(=O)c2cc(Cl)c3c(c2)OCO3)C1. The average molecular weight is 296 g/mol. The Balaban J connectivity index is 1.82. The lowest BCUT2D eigenvalue weighted by molar-refractivity contribution is 0.0671. The summed E-state index contributed by atoms with van der Waals surface area (Å²) in [5.41, 5.74) is 0.580. The highest BCUT2D eigenvalue weighted by Gasteiger charge is 2.26. The zero-order valence-electron chi connectivity index (χ0n) is 11.5. The van der Waals surface area contributed by atoms with E-state index in [0.717, 1.165) is 25.9 Å². The van der Waals surface area contributed by atoms with E-state index in [2.05, 4.69) is 6.92 Å². The van der Waals surface area contributed by atoms with Crippen LogP contribution in [0, 0.1) is 5.92 Å². The number of carbonyl (C=O) groups is 1. The van der Waals surface area contributed by atoms with Crippen molar-refractivity contribution in [3.05, 3.63) is 22.7 Å². The Bertz CT molecular complexity index is 532. The minimum atomic E-state index is 0.0309. The normalized spacial score (nSPS) is 21.1. The Labute approximate surface area is 123 Å². The van der Waals surface area contributed by atoms with Crippen LogP contribution in [0.15, 0.2) is 12.1 Å². The summed E-state index contributed by atoms with van der Waals surface area (Å²) in [5.74, 6) is 1.73. The van der Waals surface area contributed by atoms with Crippen LogP contribution >= 0.6 is 11.6 Å². The van der Waals surface area contributed by atoms with E-state index >= 15 is 0 Å². The van der Waals surface area contributed by atoms with Gasteiger partial charge in [-0.25, -0.2) is 0 Å². The van der Waals surface area contributed by atoms with Gasteiger partial charge in [0.25, 0.3) is 5.91 Å². The lowest BCUT2D eigenvalue weighted by Gasteiger charge is -2.32. The number of nitrogens with zero attached hydrogens (tertiary/aromatic N) is 1. The topological polar surface area (TPSA) is 38.8 Å². The fourth-order valence-electron chi connectivity index (χ4n) is 2.86. The predicted octanol–water partition coefficient (Wildman–Crippen LogP) is 3.33. The number of halogens is 1. The number of carbonyl (C=O) groups excluding carboxylic acids is 1. The van der Waals surface area contributed by atoms with Gasteiger partial charge >= 0.3 is 0 Å². The van der Waals surface area contributed by atoms with Crippen molar-refractivity contribution in [3.8, 4) is 11.5 Å². The summed E-state index contributed by atoms with van der Waals surface area (Å²) in [4.78, 5) is 14.5. The zero-order chi connectivity index (χ0) is 14.1. The summed E-state index contributed by atoms with van der Waals surface area (Å²) in [6, 6.07) is 3.40. The Morgan fingerprint density at radius 3 is 3.10 bits per heavy atom. The number of amides is 1. The molecule has 1 aromatic carbocycles. The maximum Gasteiger partial charge on any atom is 0.254 e. The van der Waals surface area contributed by atoms with E-state index in [1.165, 1.54) is 6.42 Å². The third kappa shape index (κ3) is 2.44. The highest BCUT2D eigenvalue weighted by atomic mass is 35.5. The number of rotatable bonds is 2. The van der Waals surface area contributed by atoms with Crippen molar-refractivity contribution in [1.82, 2.24) is 4.90 Å². The molecule has 1 unspecified atom stereocenters. The number of likely N-dealkylation sites (tertiary alicyclic amines) is 1. The summed E-state index contributed by atoms with van der Waals surface area (Å²) in [6.45, 7) is 3.99. The third-order valence-corrected chi connectivity index (χ3v) is 4.34. The highest BCUT2D eigenvalue weighted by Crippen LogP contribution is 2.40. The molecule has 0 aromatic heterocycles. The van der Waals surface area contributed by atoms with Crippen molar-refractivity contribution in [3.63, 3.8) is 0 Å². The Morgan fingerprint density at radius 1 is 1.45 bits per heavy atom. The van der Waals surface area contributed by atoms with Crippen molar-refractivity contribution in [2.45, 2.75) is 26.2 Å². The quantitative estimate of drug-likeness (QED) is 0.840. The molecule has 20 heavy (non-hydrogen) atoms. The molecule has 0 bridgehead atoms. The van der Waals surface area contributed by atoms with E-state index in [0.29, 0.717) is 28.0 Å². The van der Waals surface area contributed by atoms with Gasteiger partial charge in [0.1, 0.15) is 0 Å². The molecule has 0 radical (unpaired) electrons. The van der Waals surface area contributed by atoms with Crippen LogP contribution in [-0.2, 0) is 0 Å². The third-order valence-electron chi connectivity index (χ3n) is 4.06. The van der Waals surface area contributed by atoms with Gasteiger partial charge in [0, 0.05) is 18.7 Å². The van der Waals surface area contributed by atoms with Crippen LogP contribution in [0.1, 0.15) is 36.5 Å². The molecule has 5 heteroatoms. The molecule has 3 rings (SSSR count). The van der Waals surface area contributed by atoms with Crippen LogP contribution in [0.25, 0.3) is 0 Å². The largest absolute Gasteiger partial charge is 0.454 e. The zero-order valence-corrected chi connectivity index (χ0v) is 12.3. The van der Waals surface area contributed by atoms with E-state index in [4.69, 9.17) is 21.1 Å². The summed E-state index contributed by atoms with van der Waals surface area (Å²) >= 11 is 6.14. The second-order valence-corrected chi connectivity index (χ2v) is 5.77. The summed E-state index contributed by atoms with van der Waals surface area (Å²) in [5, 5.41) is 0.437. The van der Waals surface area contributed by atoms with Crippen molar-refractivity contribution >= 4 is 17.5 Å². The lowest BCUT2D eigenvalue weighted by atomic mass is 9.95. The van der Waals surface area contributed by atoms with Gasteiger partial charge in [0.05, 0.1) is 5.02 Å². The summed E-state index contributed by atoms with van der Waals surface area (Å²) < 4.78 is 10.6. The molecule has 4 nitrogen and oxygen atoms in total. The molecule has 1 atom stereocenters. The van der Waals surface area contributed by atoms with Crippen molar-refractivity contribution in [2.24, 2.45) is 5.92 Å². The Kier molecular flexibility index (Phi) is 3.74. The monoisotopic (exact) mass is 295 g/mol. The van der Waals surface area contributed by atoms with Gasteiger partial charge in [0.15, 0.2) is 11.5 Å². The van der Waals surface area contributed by atoms with Crippen LogP contribution < -0.4 is 9.47 Å². The highest BCUT2D eigenvalue weighted by molar-refractivity contribution is 6.32. The van der Waals surface area contributed by atoms with Crippen LogP contribution in [0.4, 0.5) is 0 Å². The second kappa shape index (κ2) is 5.52. The minimum absolute atomic E-state index is 0.0309. The number of ether oxygens (including phenoxy) is 2. The van der Waals surface area contributed by atoms with E-state index in [1.54, 1.807) is 12.1 Å². The molecule has 1 aromatic rings. The first-order valence-electron chi connectivity index (χ1n) is 7.07. The molecule has 0 saturated carbocycles. The first-order chi connectivity index (χ1) is 9.69. The van der Waals surface area contributed by atoms with Crippen molar-refractivity contribution in [2.75, 3.05) is 19.9 Å². The standard InChI is InChI=1S/C15H18ClNO3/c1-2-10-4-3-5-17(8-10)15(18)11-6-12(16)14-13(7-11)19-9-20-14/h6-7,10H,2-5,8-9H2,1H3. The predicted molar refractivity (Wildman–Crippen MR) is 76.5 cm³/mol. The van der Waals surface area contributed by atoms with Crippen LogP contribution in [-0.4, -0.2) is 30.7 Å². The fourth-order valence-corrected chi connectivity index (χ4v) is 3.12. The molecule has 108 valence electrons. The molecule has 1 saturated heterocycles. The van der Waals surface area contributed by atoms with E-state index in [-0.39, 0.29) is 12.7 Å². The van der Waals surface area contributed by atoms with E-state index in [1.807, 2.05) is 4.90 Å². The first kappa shape index (κ1) is 13.6. The minimum Gasteiger partial charge on any atom is -0.454 e. The van der Waals surface area contributed by atoms with Gasteiger partial charge in [0.2, 0.25) is 6.79 Å². The number of piperidine rings is 1. The van der Waals surface area contributed by atoms with Gasteiger partial charge < -0.3 is 14.4 Å². The second-order valence-electron chi connectivity index (χ2n) is 5.36. The van der Waals surface area contributed by atoms with Crippen LogP contribution in [0.3, 0.4) is 0 Å². The maximum atomic E-state index is 12.6. The molecular formula is C15H18ClNO3. The lowest BCUT2D eigenvalue weighted by Crippen LogP contribution is -2.39. The molecular weight excluding hydrogens is 278 g/mol. The Morgan fingerprint density at radius 2 is 2.30 bits per heavy atom. The molecule has 0 N–H and O–H groups in total. The summed E-state index contributed by atoms with van der Waals surface area (Å²) in [6.07, 6.45) is 3.40. The molecule has 0 aliphatic carbocycles.